The molecule has 3 rings (SSSR count). The number of hydrogen-bond acceptors (Lipinski definition) is 3. The van der Waals surface area contributed by atoms with Crippen molar-refractivity contribution in [3.63, 3.8) is 0 Å². The van der Waals surface area contributed by atoms with E-state index in [1.165, 1.54) is 11.1 Å². The van der Waals surface area contributed by atoms with Gasteiger partial charge in [-0.2, -0.15) is 0 Å². The van der Waals surface area contributed by atoms with E-state index in [9.17, 15) is 4.79 Å². The predicted octanol–water partition coefficient (Wildman–Crippen LogP) is 2.65. The van der Waals surface area contributed by atoms with Crippen LogP contribution in [0.1, 0.15) is 29.0 Å². The zero-order valence-electron chi connectivity index (χ0n) is 12.8. The first-order valence-corrected chi connectivity index (χ1v) is 7.75. The molecular formula is C18H21N3O. The van der Waals surface area contributed by atoms with E-state index in [2.05, 4.69) is 27.8 Å². The maximum absolute atomic E-state index is 12.3. The lowest BCUT2D eigenvalue weighted by Crippen LogP contribution is -2.32. The quantitative estimate of drug-likeness (QED) is 0.834. The molecular weight excluding hydrogens is 274 g/mol. The van der Waals surface area contributed by atoms with Crippen molar-refractivity contribution in [3.8, 4) is 0 Å². The number of anilines is 1. The smallest absolute Gasteiger partial charge is 0.227 e. The molecule has 0 fully saturated rings. The average Bonchev–Trinajstić information content (AvgIpc) is 2.97. The summed E-state index contributed by atoms with van der Waals surface area (Å²) < 4.78 is 0. The fourth-order valence-electron chi connectivity index (χ4n) is 3.01. The van der Waals surface area contributed by atoms with Crippen molar-refractivity contribution in [2.75, 3.05) is 18.4 Å². The highest BCUT2D eigenvalue weighted by atomic mass is 16.1. The van der Waals surface area contributed by atoms with Crippen LogP contribution in [0.25, 0.3) is 0 Å². The van der Waals surface area contributed by atoms with Gasteiger partial charge in [0.2, 0.25) is 5.91 Å². The molecule has 22 heavy (non-hydrogen) atoms. The topological polar surface area (TPSA) is 54.0 Å². The number of amides is 1. The molecule has 2 aromatic rings. The first-order chi connectivity index (χ1) is 10.8. The molecule has 1 aliphatic rings. The number of fused-ring (bicyclic) bond motifs is 1. The molecule has 1 aliphatic carbocycles. The summed E-state index contributed by atoms with van der Waals surface area (Å²) in [5.74, 6) is 0.150. The van der Waals surface area contributed by atoms with Crippen molar-refractivity contribution in [2.24, 2.45) is 0 Å². The molecule has 1 aromatic carbocycles. The van der Waals surface area contributed by atoms with Crippen molar-refractivity contribution in [1.82, 2.24) is 10.3 Å². The minimum atomic E-state index is 0.0128. The molecule has 4 nitrogen and oxygen atoms in total. The van der Waals surface area contributed by atoms with Crippen LogP contribution in [0.2, 0.25) is 0 Å². The van der Waals surface area contributed by atoms with Crippen LogP contribution in [0, 0.1) is 6.92 Å². The van der Waals surface area contributed by atoms with Crippen LogP contribution in [-0.4, -0.2) is 24.0 Å². The van der Waals surface area contributed by atoms with Crippen molar-refractivity contribution < 1.29 is 4.79 Å². The molecule has 0 aliphatic heterocycles. The molecule has 1 amide bonds. The van der Waals surface area contributed by atoms with Crippen LogP contribution >= 0.6 is 0 Å². The Labute approximate surface area is 131 Å². The van der Waals surface area contributed by atoms with Gasteiger partial charge in [0.1, 0.15) is 0 Å². The second kappa shape index (κ2) is 6.60. The van der Waals surface area contributed by atoms with E-state index in [1.807, 2.05) is 31.3 Å². The van der Waals surface area contributed by atoms with Crippen LogP contribution in [-0.2, 0) is 11.2 Å². The number of nitrogens with zero attached hydrogens (tertiary/aromatic N) is 1. The molecule has 1 aromatic heterocycles. The molecule has 0 bridgehead atoms. The summed E-state index contributed by atoms with van der Waals surface area (Å²) >= 11 is 0. The normalized spacial score (nSPS) is 16.1. The third-order valence-corrected chi connectivity index (χ3v) is 4.21. The number of benzene rings is 1. The molecule has 0 spiro atoms. The summed E-state index contributed by atoms with van der Waals surface area (Å²) in [6.07, 6.45) is 5.52. The molecule has 4 heteroatoms. The van der Waals surface area contributed by atoms with Gasteiger partial charge in [0.05, 0.1) is 5.92 Å². The largest absolute Gasteiger partial charge is 0.383 e. The van der Waals surface area contributed by atoms with Crippen molar-refractivity contribution in [2.45, 2.75) is 25.7 Å². The number of aromatic nitrogens is 1. The summed E-state index contributed by atoms with van der Waals surface area (Å²) in [4.78, 5) is 16.4. The third-order valence-electron chi connectivity index (χ3n) is 4.21. The lowest BCUT2D eigenvalue weighted by Gasteiger charge is -2.13. The Hall–Kier alpha value is -2.36. The number of carbonyl (C=O) groups excluding carboxylic acids is 1. The van der Waals surface area contributed by atoms with E-state index in [0.29, 0.717) is 13.1 Å². The van der Waals surface area contributed by atoms with Gasteiger partial charge >= 0.3 is 0 Å². The molecule has 2 N–H and O–H groups in total. The summed E-state index contributed by atoms with van der Waals surface area (Å²) in [6, 6.07) is 10.2. The zero-order valence-corrected chi connectivity index (χ0v) is 12.8. The fraction of sp³-hybridized carbons (Fsp3) is 0.333. The Kier molecular flexibility index (Phi) is 4.37. The van der Waals surface area contributed by atoms with Crippen molar-refractivity contribution in [1.29, 1.82) is 0 Å². The molecule has 0 saturated heterocycles. The minimum Gasteiger partial charge on any atom is -0.383 e. The second-order valence-corrected chi connectivity index (χ2v) is 5.70. The van der Waals surface area contributed by atoms with Gasteiger partial charge in [0.25, 0.3) is 0 Å². The summed E-state index contributed by atoms with van der Waals surface area (Å²) in [6.45, 7) is 3.35. The minimum absolute atomic E-state index is 0.0128. The second-order valence-electron chi connectivity index (χ2n) is 5.70. The number of hydrogen-bond donors (Lipinski definition) is 2. The highest BCUT2D eigenvalue weighted by molar-refractivity contribution is 5.84. The standard InChI is InChI=1S/C18H21N3O/c1-13-12-19-9-8-17(13)20-10-11-21-18(22)16-7-6-14-4-2-3-5-15(14)16/h2-5,8-9,12,16H,6-7,10-11H2,1H3,(H,19,20)(H,21,22). The van der Waals surface area contributed by atoms with Gasteiger partial charge in [-0.3, -0.25) is 9.78 Å². The van der Waals surface area contributed by atoms with Gasteiger partial charge in [0.15, 0.2) is 0 Å². The Morgan fingerprint density at radius 3 is 3.00 bits per heavy atom. The summed E-state index contributed by atoms with van der Waals surface area (Å²) in [7, 11) is 0. The SMILES string of the molecule is Cc1cnccc1NCCNC(=O)C1CCc2ccccc21. The maximum atomic E-state index is 12.3. The van der Waals surface area contributed by atoms with Crippen LogP contribution < -0.4 is 10.6 Å². The first-order valence-electron chi connectivity index (χ1n) is 7.75. The Balaban J connectivity index is 1.49. The van der Waals surface area contributed by atoms with Crippen LogP contribution in [0.5, 0.6) is 0 Å². The number of nitrogens with one attached hydrogen (secondary N) is 2. The van der Waals surface area contributed by atoms with E-state index in [1.54, 1.807) is 6.20 Å². The Bertz CT molecular complexity index is 669. The molecule has 1 atom stereocenters. The molecule has 0 radical (unpaired) electrons. The van der Waals surface area contributed by atoms with Gasteiger partial charge in [-0.15, -0.1) is 0 Å². The Morgan fingerprint density at radius 2 is 2.14 bits per heavy atom. The number of aryl methyl sites for hydroxylation is 2. The maximum Gasteiger partial charge on any atom is 0.227 e. The van der Waals surface area contributed by atoms with Gasteiger partial charge in [-0.25, -0.2) is 0 Å². The first kappa shape index (κ1) is 14.6. The van der Waals surface area contributed by atoms with E-state index in [4.69, 9.17) is 0 Å². The average molecular weight is 295 g/mol. The van der Waals surface area contributed by atoms with Gasteiger partial charge in [-0.1, -0.05) is 24.3 Å². The van der Waals surface area contributed by atoms with Gasteiger partial charge in [-0.05, 0) is 42.5 Å². The highest BCUT2D eigenvalue weighted by Gasteiger charge is 2.27. The van der Waals surface area contributed by atoms with Crippen LogP contribution in [0.4, 0.5) is 5.69 Å². The van der Waals surface area contributed by atoms with Gasteiger partial charge in [0, 0.05) is 31.2 Å². The fourth-order valence-corrected chi connectivity index (χ4v) is 3.01. The van der Waals surface area contributed by atoms with E-state index in [0.717, 1.165) is 24.1 Å². The lowest BCUT2D eigenvalue weighted by atomic mass is 10.0. The van der Waals surface area contributed by atoms with E-state index in [-0.39, 0.29) is 11.8 Å². The Morgan fingerprint density at radius 1 is 1.27 bits per heavy atom. The number of carbonyl (C=O) groups is 1. The monoisotopic (exact) mass is 295 g/mol. The summed E-state index contributed by atoms with van der Waals surface area (Å²) in [5, 5.41) is 6.36. The third kappa shape index (κ3) is 3.11. The highest BCUT2D eigenvalue weighted by Crippen LogP contribution is 2.32. The van der Waals surface area contributed by atoms with Crippen LogP contribution in [0.15, 0.2) is 42.7 Å². The molecule has 1 unspecified atom stereocenters. The van der Waals surface area contributed by atoms with E-state index < -0.39 is 0 Å². The number of rotatable bonds is 5. The lowest BCUT2D eigenvalue weighted by molar-refractivity contribution is -0.122. The zero-order chi connectivity index (χ0) is 15.4. The predicted molar refractivity (Wildman–Crippen MR) is 88.0 cm³/mol. The van der Waals surface area contributed by atoms with Crippen molar-refractivity contribution >= 4 is 11.6 Å². The molecule has 0 saturated carbocycles. The van der Waals surface area contributed by atoms with Crippen LogP contribution in [0.3, 0.4) is 0 Å². The van der Waals surface area contributed by atoms with E-state index >= 15 is 0 Å². The summed E-state index contributed by atoms with van der Waals surface area (Å²) in [5.41, 5.74) is 4.68. The molecule has 114 valence electrons. The van der Waals surface area contributed by atoms with Gasteiger partial charge < -0.3 is 10.6 Å². The van der Waals surface area contributed by atoms with Crippen molar-refractivity contribution in [3.05, 3.63) is 59.4 Å². The number of pyridine rings is 1. The molecule has 1 heterocycles.